The van der Waals surface area contributed by atoms with Gasteiger partial charge in [0, 0.05) is 25.7 Å². The number of ketones is 2. The standard InChI is InChI=1S/2C14H22O2.2C11H18O/c1-13(2)7-4-11-10-14(16,6-3-9-15)8-5-12(11)13;1-13(2)7-4-11-5-8-14(16,6-3-9-15)10-12(11)13;1-11(2)6-5-8-7-9(12)3-4-10(8)11;1-11(2)6-5-8-3-4-9(12)7-10(8)11/h2*11-12,15-16H,4-5,7-10H2,1-2H3;2*8,10H,3-7H2,1-2H3. The molecule has 0 bridgehead atoms. The van der Waals surface area contributed by atoms with Crippen LogP contribution in [0.25, 0.3) is 0 Å². The van der Waals surface area contributed by atoms with Crippen LogP contribution in [0.3, 0.4) is 0 Å². The van der Waals surface area contributed by atoms with E-state index in [2.05, 4.69) is 79.1 Å². The first-order chi connectivity index (χ1) is 26.1. The Balaban J connectivity index is 0.000000144. The Morgan fingerprint density at radius 3 is 1.46 bits per heavy atom. The Kier molecular flexibility index (Phi) is 14.5. The van der Waals surface area contributed by atoms with E-state index in [-0.39, 0.29) is 13.2 Å². The van der Waals surface area contributed by atoms with Crippen LogP contribution in [0.2, 0.25) is 0 Å². The highest BCUT2D eigenvalue weighted by molar-refractivity contribution is 5.80. The number of fused-ring (bicyclic) bond motifs is 4. The zero-order valence-corrected chi connectivity index (χ0v) is 36.8. The van der Waals surface area contributed by atoms with Crippen molar-refractivity contribution in [3.05, 3.63) is 0 Å². The van der Waals surface area contributed by atoms with Crippen LogP contribution >= 0.6 is 0 Å². The van der Waals surface area contributed by atoms with Crippen molar-refractivity contribution in [3.8, 4) is 23.7 Å². The van der Waals surface area contributed by atoms with E-state index in [1.807, 2.05) is 0 Å². The van der Waals surface area contributed by atoms with Crippen molar-refractivity contribution < 1.29 is 30.0 Å². The summed E-state index contributed by atoms with van der Waals surface area (Å²) >= 11 is 0. The minimum atomic E-state index is -0.842. The third kappa shape index (κ3) is 10.9. The Labute approximate surface area is 341 Å². The average Bonchev–Trinajstić information content (AvgIpc) is 3.82. The van der Waals surface area contributed by atoms with Gasteiger partial charge < -0.3 is 20.4 Å². The quantitative estimate of drug-likeness (QED) is 0.182. The second-order valence-electron chi connectivity index (χ2n) is 22.6. The lowest BCUT2D eigenvalue weighted by molar-refractivity contribution is -0.124. The number of hydrogen-bond acceptors (Lipinski definition) is 6. The topological polar surface area (TPSA) is 115 Å². The summed E-state index contributed by atoms with van der Waals surface area (Å²) < 4.78 is 0. The number of carbonyl (C=O) groups is 2. The van der Waals surface area contributed by atoms with Gasteiger partial charge in [-0.15, -0.1) is 0 Å². The summed E-state index contributed by atoms with van der Waals surface area (Å²) in [6, 6.07) is 0. The molecule has 0 aromatic heterocycles. The maximum atomic E-state index is 11.3. The number of aliphatic hydroxyl groups is 4. The van der Waals surface area contributed by atoms with Crippen molar-refractivity contribution in [1.29, 1.82) is 0 Å². The van der Waals surface area contributed by atoms with Crippen LogP contribution in [0, 0.1) is 92.7 Å². The highest BCUT2D eigenvalue weighted by Gasteiger charge is 2.50. The zero-order chi connectivity index (χ0) is 41.2. The number of carbonyl (C=O) groups excluding carboxylic acids is 2. The molecule has 6 heteroatoms. The van der Waals surface area contributed by atoms with Crippen molar-refractivity contribution in [1.82, 2.24) is 0 Å². The maximum absolute atomic E-state index is 11.3. The predicted molar refractivity (Wildman–Crippen MR) is 225 cm³/mol. The van der Waals surface area contributed by atoms with E-state index in [9.17, 15) is 19.8 Å². The number of Topliss-reactive ketones (excluding diaryl/α,β-unsaturated/α-hetero) is 2. The summed E-state index contributed by atoms with van der Waals surface area (Å²) in [7, 11) is 0. The minimum Gasteiger partial charge on any atom is -0.384 e. The summed E-state index contributed by atoms with van der Waals surface area (Å²) in [5.41, 5.74) is 0.0816. The summed E-state index contributed by atoms with van der Waals surface area (Å²) in [5, 5.41) is 38.1. The summed E-state index contributed by atoms with van der Waals surface area (Å²) in [5.74, 6) is 17.9. The predicted octanol–water partition coefficient (Wildman–Crippen LogP) is 9.48. The molecule has 8 aliphatic carbocycles. The molecule has 0 radical (unpaired) electrons. The molecule has 0 aromatic rings. The van der Waals surface area contributed by atoms with E-state index in [1.165, 1.54) is 57.8 Å². The first-order valence-electron chi connectivity index (χ1n) is 22.8. The van der Waals surface area contributed by atoms with Gasteiger partial charge in [0.1, 0.15) is 36.0 Å². The molecule has 10 atom stereocenters. The van der Waals surface area contributed by atoms with E-state index >= 15 is 0 Å². The molecule has 8 fully saturated rings. The molecule has 0 saturated heterocycles. The second-order valence-corrected chi connectivity index (χ2v) is 22.6. The summed E-state index contributed by atoms with van der Waals surface area (Å²) in [6.45, 7) is 18.4. The number of aliphatic hydroxyl groups excluding tert-OH is 2. The highest BCUT2D eigenvalue weighted by atomic mass is 16.3. The molecule has 6 nitrogen and oxygen atoms in total. The molecule has 0 amide bonds. The lowest BCUT2D eigenvalue weighted by Gasteiger charge is -2.40. The highest BCUT2D eigenvalue weighted by Crippen LogP contribution is 2.57. The Morgan fingerprint density at radius 2 is 0.875 bits per heavy atom. The molecule has 0 spiro atoms. The van der Waals surface area contributed by atoms with Gasteiger partial charge in [0.25, 0.3) is 0 Å². The van der Waals surface area contributed by atoms with Crippen LogP contribution in [0.15, 0.2) is 0 Å². The van der Waals surface area contributed by atoms with Crippen LogP contribution in [-0.2, 0) is 9.59 Å². The molecule has 10 unspecified atom stereocenters. The fourth-order valence-electron chi connectivity index (χ4n) is 13.5. The minimum absolute atomic E-state index is 0.151. The first-order valence-corrected chi connectivity index (χ1v) is 22.8. The molecule has 4 N–H and O–H groups in total. The molecule has 0 aromatic carbocycles. The number of rotatable bonds is 0. The Hall–Kier alpha value is -1.70. The van der Waals surface area contributed by atoms with Gasteiger partial charge in [-0.05, 0) is 172 Å². The van der Waals surface area contributed by atoms with Gasteiger partial charge in [0.05, 0.1) is 0 Å². The van der Waals surface area contributed by atoms with Crippen LogP contribution in [-0.4, -0.2) is 56.4 Å². The maximum Gasteiger partial charge on any atom is 0.133 e. The van der Waals surface area contributed by atoms with Crippen LogP contribution in [0.4, 0.5) is 0 Å². The van der Waals surface area contributed by atoms with E-state index in [0.717, 1.165) is 100 Å². The molecule has 8 aliphatic rings. The van der Waals surface area contributed by atoms with E-state index in [4.69, 9.17) is 10.2 Å². The van der Waals surface area contributed by atoms with Crippen molar-refractivity contribution in [2.75, 3.05) is 13.2 Å². The lowest BCUT2D eigenvalue weighted by atomic mass is 9.66. The zero-order valence-electron chi connectivity index (χ0n) is 36.8. The summed E-state index contributed by atoms with van der Waals surface area (Å²) in [6.07, 6.45) is 21.5. The van der Waals surface area contributed by atoms with Gasteiger partial charge in [-0.3, -0.25) is 9.59 Å². The van der Waals surface area contributed by atoms with Crippen molar-refractivity contribution in [2.45, 2.75) is 195 Å². The molecule has 316 valence electrons. The molecule has 8 saturated carbocycles. The van der Waals surface area contributed by atoms with Gasteiger partial charge in [0.2, 0.25) is 0 Å². The third-order valence-electron chi connectivity index (χ3n) is 17.2. The van der Waals surface area contributed by atoms with Gasteiger partial charge in [-0.2, -0.15) is 0 Å². The normalized spacial score (nSPS) is 40.4. The monoisotopic (exact) mass is 777 g/mol. The number of hydrogen-bond donors (Lipinski definition) is 4. The van der Waals surface area contributed by atoms with E-state index in [1.54, 1.807) is 0 Å². The van der Waals surface area contributed by atoms with Crippen molar-refractivity contribution in [2.24, 2.45) is 69.0 Å². The third-order valence-corrected chi connectivity index (χ3v) is 17.2. The SMILES string of the molecule is CC1(C)CCC2CC(=O)CCC21.CC1(C)CCC2CC(O)(C#CCO)CCC21.CC1(C)CCC2CCC(=O)CC21.CC1(C)CCC2CCC(O)(C#CCO)CC21. The molecule has 8 rings (SSSR count). The van der Waals surface area contributed by atoms with Crippen LogP contribution in [0.5, 0.6) is 0 Å². The Morgan fingerprint density at radius 1 is 0.464 bits per heavy atom. The van der Waals surface area contributed by atoms with E-state index < -0.39 is 11.2 Å². The fraction of sp³-hybridized carbons (Fsp3) is 0.880. The van der Waals surface area contributed by atoms with Gasteiger partial charge >= 0.3 is 0 Å². The molecular weight excluding hydrogens is 697 g/mol. The molecule has 56 heavy (non-hydrogen) atoms. The molecular formula is C50H80O6. The van der Waals surface area contributed by atoms with Gasteiger partial charge in [-0.25, -0.2) is 0 Å². The summed E-state index contributed by atoms with van der Waals surface area (Å²) in [4.78, 5) is 22.5. The average molecular weight is 777 g/mol. The van der Waals surface area contributed by atoms with E-state index in [0.29, 0.717) is 51.0 Å². The van der Waals surface area contributed by atoms with Crippen LogP contribution < -0.4 is 0 Å². The fourth-order valence-corrected chi connectivity index (χ4v) is 13.5. The second kappa shape index (κ2) is 17.9. The van der Waals surface area contributed by atoms with Crippen molar-refractivity contribution >= 4 is 11.6 Å². The largest absolute Gasteiger partial charge is 0.384 e. The van der Waals surface area contributed by atoms with Gasteiger partial charge in [-0.1, -0.05) is 79.1 Å². The Bertz CT molecular complexity index is 1500. The molecule has 0 heterocycles. The first kappa shape index (κ1) is 45.4. The van der Waals surface area contributed by atoms with Crippen LogP contribution in [0.1, 0.15) is 184 Å². The van der Waals surface area contributed by atoms with Crippen molar-refractivity contribution in [3.63, 3.8) is 0 Å². The lowest BCUT2D eigenvalue weighted by Crippen LogP contribution is -2.40. The smallest absolute Gasteiger partial charge is 0.133 e. The molecule has 0 aliphatic heterocycles. The van der Waals surface area contributed by atoms with Gasteiger partial charge in [0.15, 0.2) is 0 Å².